The smallest absolute Gasteiger partial charge is 0.482 e. The summed E-state index contributed by atoms with van der Waals surface area (Å²) in [6.45, 7) is 1.55. The molecule has 232 valence electrons. The lowest BCUT2D eigenvalue weighted by molar-refractivity contribution is -0.391. The van der Waals surface area contributed by atoms with Gasteiger partial charge in [0.2, 0.25) is 0 Å². The normalized spacial score (nSPS) is 12.5. The van der Waals surface area contributed by atoms with Gasteiger partial charge in [-0.2, -0.15) is 22.0 Å². The molecule has 0 saturated heterocycles. The fourth-order valence-electron chi connectivity index (χ4n) is 3.47. The van der Waals surface area contributed by atoms with Crippen molar-refractivity contribution in [2.45, 2.75) is 45.1 Å². The van der Waals surface area contributed by atoms with Crippen molar-refractivity contribution in [1.82, 2.24) is 4.90 Å². The molecule has 0 aliphatic carbocycles. The minimum Gasteiger partial charge on any atom is -0.492 e. The van der Waals surface area contributed by atoms with Gasteiger partial charge >= 0.3 is 24.3 Å². The second kappa shape index (κ2) is 15.3. The molecule has 2 rings (SSSR count). The summed E-state index contributed by atoms with van der Waals surface area (Å²) in [5, 5.41) is 20.4. The SMILES string of the molecule is CCOC(Cc1ccc(OCCN(CCCOC(F)(F)C(F)(F)F)C(=O)Oc2ccc(C)c([N+](=O)[O-])c2)cc1)C(=O)O. The number of benzene rings is 2. The predicted molar refractivity (Wildman–Crippen MR) is 136 cm³/mol. The van der Waals surface area contributed by atoms with Gasteiger partial charge in [0, 0.05) is 25.1 Å². The van der Waals surface area contributed by atoms with Crippen LogP contribution in [-0.4, -0.2) is 78.3 Å². The molecule has 0 aromatic heterocycles. The second-order valence-corrected chi connectivity index (χ2v) is 8.76. The summed E-state index contributed by atoms with van der Waals surface area (Å²) in [4.78, 5) is 35.5. The number of amides is 1. The lowest BCUT2D eigenvalue weighted by Gasteiger charge is -2.23. The van der Waals surface area contributed by atoms with Crippen LogP contribution >= 0.6 is 0 Å². The Morgan fingerprint density at radius 3 is 2.24 bits per heavy atom. The molecule has 0 heterocycles. The molecule has 2 aromatic carbocycles. The van der Waals surface area contributed by atoms with Crippen LogP contribution < -0.4 is 9.47 Å². The quantitative estimate of drug-likeness (QED) is 0.115. The molecule has 0 fully saturated rings. The fourth-order valence-corrected chi connectivity index (χ4v) is 3.47. The third kappa shape index (κ3) is 10.4. The van der Waals surface area contributed by atoms with Gasteiger partial charge in [0.25, 0.3) is 5.69 Å². The molecule has 1 unspecified atom stereocenters. The lowest BCUT2D eigenvalue weighted by Crippen LogP contribution is -2.41. The maximum absolute atomic E-state index is 13.0. The first-order chi connectivity index (χ1) is 19.6. The Kier molecular flexibility index (Phi) is 12.4. The summed E-state index contributed by atoms with van der Waals surface area (Å²) in [6.07, 6.45) is -13.7. The zero-order valence-electron chi connectivity index (χ0n) is 22.6. The molecule has 0 radical (unpaired) electrons. The van der Waals surface area contributed by atoms with E-state index in [2.05, 4.69) is 4.74 Å². The predicted octanol–water partition coefficient (Wildman–Crippen LogP) is 5.38. The highest BCUT2D eigenvalue weighted by Gasteiger charge is 2.59. The third-order valence-corrected chi connectivity index (χ3v) is 5.64. The molecular formula is C26H29F5N2O9. The van der Waals surface area contributed by atoms with Gasteiger partial charge in [0.1, 0.15) is 18.1 Å². The first kappa shape index (κ1) is 34.2. The number of aliphatic carboxylic acids is 1. The fraction of sp³-hybridized carbons (Fsp3) is 0.462. The molecule has 1 atom stereocenters. The van der Waals surface area contributed by atoms with E-state index in [1.165, 1.54) is 19.1 Å². The van der Waals surface area contributed by atoms with Crippen LogP contribution in [0.3, 0.4) is 0 Å². The van der Waals surface area contributed by atoms with E-state index in [4.69, 9.17) is 14.2 Å². The first-order valence-corrected chi connectivity index (χ1v) is 12.5. The number of carboxylic acid groups (broad SMARTS) is 1. The minimum absolute atomic E-state index is 0.107. The zero-order chi connectivity index (χ0) is 31.5. The van der Waals surface area contributed by atoms with Crippen LogP contribution in [0, 0.1) is 17.0 Å². The van der Waals surface area contributed by atoms with Gasteiger partial charge in [-0.25, -0.2) is 9.59 Å². The number of hydrogen-bond acceptors (Lipinski definition) is 8. The van der Waals surface area contributed by atoms with Crippen molar-refractivity contribution in [3.8, 4) is 11.5 Å². The van der Waals surface area contributed by atoms with Gasteiger partial charge in [-0.3, -0.25) is 10.1 Å². The zero-order valence-corrected chi connectivity index (χ0v) is 22.6. The first-order valence-electron chi connectivity index (χ1n) is 12.5. The molecule has 11 nitrogen and oxygen atoms in total. The maximum atomic E-state index is 13.0. The summed E-state index contributed by atoms with van der Waals surface area (Å²) in [5.41, 5.74) is 0.629. The van der Waals surface area contributed by atoms with E-state index in [9.17, 15) is 46.8 Å². The molecule has 42 heavy (non-hydrogen) atoms. The van der Waals surface area contributed by atoms with Crippen LogP contribution in [0.2, 0.25) is 0 Å². The summed E-state index contributed by atoms with van der Waals surface area (Å²) < 4.78 is 82.7. The Hall–Kier alpha value is -4.05. The molecule has 0 saturated carbocycles. The largest absolute Gasteiger partial charge is 0.492 e. The second-order valence-electron chi connectivity index (χ2n) is 8.76. The summed E-state index contributed by atoms with van der Waals surface area (Å²) in [7, 11) is 0. The van der Waals surface area contributed by atoms with Crippen molar-refractivity contribution in [3.05, 3.63) is 63.7 Å². The van der Waals surface area contributed by atoms with E-state index in [-0.39, 0.29) is 44.2 Å². The van der Waals surface area contributed by atoms with Crippen LogP contribution in [0.4, 0.5) is 32.4 Å². The van der Waals surface area contributed by atoms with Crippen molar-refractivity contribution >= 4 is 17.7 Å². The van der Waals surface area contributed by atoms with E-state index in [1.54, 1.807) is 31.2 Å². The van der Waals surface area contributed by atoms with Gasteiger partial charge in [-0.05, 0) is 50.1 Å². The average molecular weight is 609 g/mol. The summed E-state index contributed by atoms with van der Waals surface area (Å²) in [6, 6.07) is 9.96. The topological polar surface area (TPSA) is 138 Å². The molecule has 16 heteroatoms. The number of halogens is 5. The number of ether oxygens (including phenoxy) is 4. The molecule has 0 aliphatic heterocycles. The van der Waals surface area contributed by atoms with E-state index in [1.807, 2.05) is 0 Å². The van der Waals surface area contributed by atoms with Crippen LogP contribution in [0.15, 0.2) is 42.5 Å². The highest BCUT2D eigenvalue weighted by molar-refractivity contribution is 5.72. The van der Waals surface area contributed by atoms with Crippen molar-refractivity contribution in [2.24, 2.45) is 0 Å². The molecule has 1 N–H and O–H groups in total. The Morgan fingerprint density at radius 1 is 1.02 bits per heavy atom. The molecule has 0 spiro atoms. The highest BCUT2D eigenvalue weighted by atomic mass is 19.4. The van der Waals surface area contributed by atoms with Crippen LogP contribution in [0.5, 0.6) is 11.5 Å². The maximum Gasteiger partial charge on any atom is 0.482 e. The van der Waals surface area contributed by atoms with Gasteiger partial charge in [0.15, 0.2) is 6.10 Å². The number of carboxylic acids is 1. The van der Waals surface area contributed by atoms with Gasteiger partial charge in [-0.1, -0.05) is 12.1 Å². The van der Waals surface area contributed by atoms with Crippen molar-refractivity contribution in [2.75, 3.05) is 32.9 Å². The van der Waals surface area contributed by atoms with Crippen molar-refractivity contribution in [1.29, 1.82) is 0 Å². The van der Waals surface area contributed by atoms with Crippen molar-refractivity contribution < 1.29 is 60.5 Å². The summed E-state index contributed by atoms with van der Waals surface area (Å²) >= 11 is 0. The van der Waals surface area contributed by atoms with Crippen molar-refractivity contribution in [3.63, 3.8) is 0 Å². The molecule has 1 amide bonds. The standard InChI is InChI=1S/C26H29F5N2O9/c1-3-39-22(23(34)35)15-18-6-9-19(10-7-18)40-14-12-32(11-4-13-41-26(30,31)25(27,28)29)24(36)42-20-8-5-17(2)21(16-20)33(37)38/h5-10,16,22H,3-4,11-15H2,1-2H3,(H,34,35). The van der Waals surface area contributed by atoms with Crippen LogP contribution in [0.25, 0.3) is 0 Å². The Balaban J connectivity index is 2.04. The number of alkyl halides is 5. The van der Waals surface area contributed by atoms with E-state index in [0.717, 1.165) is 11.0 Å². The van der Waals surface area contributed by atoms with E-state index < -0.39 is 48.4 Å². The number of aryl methyl sites for hydroxylation is 1. The lowest BCUT2D eigenvalue weighted by atomic mass is 10.1. The highest BCUT2D eigenvalue weighted by Crippen LogP contribution is 2.36. The Labute approximate surface area is 236 Å². The number of rotatable bonds is 16. The number of carbonyl (C=O) groups excluding carboxylic acids is 1. The number of nitro groups is 1. The number of hydrogen-bond donors (Lipinski definition) is 1. The third-order valence-electron chi connectivity index (χ3n) is 5.64. The van der Waals surface area contributed by atoms with Crippen LogP contribution in [0.1, 0.15) is 24.5 Å². The molecular weight excluding hydrogens is 579 g/mol. The van der Waals surface area contributed by atoms with Crippen LogP contribution in [-0.2, 0) is 20.7 Å². The molecule has 0 bridgehead atoms. The van der Waals surface area contributed by atoms with E-state index >= 15 is 0 Å². The summed E-state index contributed by atoms with van der Waals surface area (Å²) in [5.74, 6) is -0.972. The van der Waals surface area contributed by atoms with Gasteiger partial charge in [0.05, 0.1) is 24.1 Å². The Morgan fingerprint density at radius 2 is 1.67 bits per heavy atom. The number of nitro benzene ring substituents is 1. The van der Waals surface area contributed by atoms with Gasteiger partial charge in [-0.15, -0.1) is 0 Å². The number of nitrogens with zero attached hydrogens (tertiary/aromatic N) is 2. The van der Waals surface area contributed by atoms with Gasteiger partial charge < -0.3 is 29.0 Å². The minimum atomic E-state index is -5.91. The van der Waals surface area contributed by atoms with E-state index in [0.29, 0.717) is 16.9 Å². The molecule has 0 aliphatic rings. The number of carbonyl (C=O) groups is 2. The Bertz CT molecular complexity index is 1210. The monoisotopic (exact) mass is 608 g/mol. The average Bonchev–Trinajstić information content (AvgIpc) is 2.90. The molecule has 2 aromatic rings.